The first-order chi connectivity index (χ1) is 16.0. The molecule has 1 saturated heterocycles. The standard InChI is InChI=1S/C27H27ClN2O3/c1-33-25-12-10-20(11-13-25)27(32)30-14-4-8-23(18-30)21-6-3-7-22(16-21)26(31)29-17-19-5-2-9-24(28)15-19/h2-3,5-7,9-13,15-16,23H,4,8,14,17-18H2,1H3,(H,29,31)/t23-/m1/s1. The molecule has 6 heteroatoms. The lowest BCUT2D eigenvalue weighted by molar-refractivity contribution is 0.0706. The molecule has 1 N–H and O–H groups in total. The number of hydrogen-bond donors (Lipinski definition) is 1. The number of hydrogen-bond acceptors (Lipinski definition) is 3. The third-order valence-electron chi connectivity index (χ3n) is 6.01. The Balaban J connectivity index is 1.41. The van der Waals surface area contributed by atoms with Gasteiger partial charge in [-0.25, -0.2) is 0 Å². The largest absolute Gasteiger partial charge is 0.497 e. The van der Waals surface area contributed by atoms with Gasteiger partial charge in [0.05, 0.1) is 7.11 Å². The van der Waals surface area contributed by atoms with Crippen LogP contribution in [0.5, 0.6) is 5.75 Å². The molecule has 1 atom stereocenters. The maximum Gasteiger partial charge on any atom is 0.253 e. The highest BCUT2D eigenvalue weighted by molar-refractivity contribution is 6.30. The number of benzene rings is 3. The SMILES string of the molecule is COc1ccc(C(=O)N2CCC[C@@H](c3cccc(C(=O)NCc4cccc(Cl)c4)c3)C2)cc1. The third-order valence-corrected chi connectivity index (χ3v) is 6.24. The lowest BCUT2D eigenvalue weighted by Gasteiger charge is -2.33. The van der Waals surface area contributed by atoms with Gasteiger partial charge in [-0.15, -0.1) is 0 Å². The van der Waals surface area contributed by atoms with Crippen LogP contribution in [-0.2, 0) is 6.54 Å². The van der Waals surface area contributed by atoms with Crippen LogP contribution in [0, 0.1) is 0 Å². The summed E-state index contributed by atoms with van der Waals surface area (Å²) in [4.78, 5) is 27.6. The molecule has 1 aliphatic heterocycles. The minimum Gasteiger partial charge on any atom is -0.497 e. The fraction of sp³-hybridized carbons (Fsp3) is 0.259. The zero-order chi connectivity index (χ0) is 23.2. The van der Waals surface area contributed by atoms with Crippen LogP contribution < -0.4 is 10.1 Å². The number of carbonyl (C=O) groups excluding carboxylic acids is 2. The molecule has 0 bridgehead atoms. The van der Waals surface area contributed by atoms with E-state index in [0.29, 0.717) is 29.2 Å². The van der Waals surface area contributed by atoms with E-state index in [1.165, 1.54) is 0 Å². The van der Waals surface area contributed by atoms with Crippen molar-refractivity contribution in [1.82, 2.24) is 10.2 Å². The van der Waals surface area contributed by atoms with Gasteiger partial charge in [-0.2, -0.15) is 0 Å². The second-order valence-corrected chi connectivity index (χ2v) is 8.69. The molecule has 0 unspecified atom stereocenters. The Morgan fingerprint density at radius 3 is 2.58 bits per heavy atom. The van der Waals surface area contributed by atoms with Gasteiger partial charge in [0.15, 0.2) is 0 Å². The van der Waals surface area contributed by atoms with Crippen molar-refractivity contribution in [2.24, 2.45) is 0 Å². The highest BCUT2D eigenvalue weighted by Gasteiger charge is 2.26. The van der Waals surface area contributed by atoms with Gasteiger partial charge in [-0.3, -0.25) is 9.59 Å². The maximum absolute atomic E-state index is 13.0. The number of halogens is 1. The molecule has 4 rings (SSSR count). The lowest BCUT2D eigenvalue weighted by atomic mass is 9.89. The van der Waals surface area contributed by atoms with Gasteiger partial charge in [0.1, 0.15) is 5.75 Å². The van der Waals surface area contributed by atoms with E-state index >= 15 is 0 Å². The molecular weight excluding hydrogens is 436 g/mol. The van der Waals surface area contributed by atoms with Crippen molar-refractivity contribution >= 4 is 23.4 Å². The van der Waals surface area contributed by atoms with Crippen LogP contribution in [0.4, 0.5) is 0 Å². The van der Waals surface area contributed by atoms with Crippen molar-refractivity contribution in [2.45, 2.75) is 25.3 Å². The summed E-state index contributed by atoms with van der Waals surface area (Å²) in [5, 5.41) is 3.61. The molecule has 1 aliphatic rings. The Labute approximate surface area is 199 Å². The van der Waals surface area contributed by atoms with Crippen LogP contribution in [0.25, 0.3) is 0 Å². The lowest BCUT2D eigenvalue weighted by Crippen LogP contribution is -2.39. The topological polar surface area (TPSA) is 58.6 Å². The number of rotatable bonds is 6. The smallest absolute Gasteiger partial charge is 0.253 e. The van der Waals surface area contributed by atoms with Crippen LogP contribution >= 0.6 is 11.6 Å². The molecule has 0 aromatic heterocycles. The predicted molar refractivity (Wildman–Crippen MR) is 130 cm³/mol. The van der Waals surface area contributed by atoms with E-state index in [2.05, 4.69) is 5.32 Å². The molecule has 0 saturated carbocycles. The molecule has 3 aromatic carbocycles. The van der Waals surface area contributed by atoms with Gasteiger partial charge in [0.2, 0.25) is 0 Å². The first-order valence-corrected chi connectivity index (χ1v) is 11.5. The zero-order valence-electron chi connectivity index (χ0n) is 18.6. The summed E-state index contributed by atoms with van der Waals surface area (Å²) in [5.41, 5.74) is 3.31. The number of likely N-dealkylation sites (tertiary alicyclic amines) is 1. The Bertz CT molecular complexity index is 1130. The molecule has 33 heavy (non-hydrogen) atoms. The van der Waals surface area contributed by atoms with E-state index in [0.717, 1.165) is 36.3 Å². The molecule has 0 spiro atoms. The summed E-state index contributed by atoms with van der Waals surface area (Å²) in [5.74, 6) is 0.826. The molecule has 0 radical (unpaired) electrons. The highest BCUT2D eigenvalue weighted by Crippen LogP contribution is 2.28. The zero-order valence-corrected chi connectivity index (χ0v) is 19.3. The van der Waals surface area contributed by atoms with Crippen LogP contribution in [0.2, 0.25) is 5.02 Å². The van der Waals surface area contributed by atoms with E-state index < -0.39 is 0 Å². The van der Waals surface area contributed by atoms with E-state index in [4.69, 9.17) is 16.3 Å². The first-order valence-electron chi connectivity index (χ1n) is 11.1. The summed E-state index contributed by atoms with van der Waals surface area (Å²) in [6, 6.07) is 22.4. The summed E-state index contributed by atoms with van der Waals surface area (Å²) < 4.78 is 5.18. The second-order valence-electron chi connectivity index (χ2n) is 8.26. The number of piperidine rings is 1. The molecule has 170 valence electrons. The summed E-state index contributed by atoms with van der Waals surface area (Å²) >= 11 is 6.02. The van der Waals surface area contributed by atoms with Gasteiger partial charge in [0.25, 0.3) is 11.8 Å². The molecule has 1 heterocycles. The monoisotopic (exact) mass is 462 g/mol. The van der Waals surface area contributed by atoms with E-state index in [1.54, 1.807) is 31.4 Å². The van der Waals surface area contributed by atoms with E-state index in [-0.39, 0.29) is 17.7 Å². The number of nitrogens with zero attached hydrogens (tertiary/aromatic N) is 1. The van der Waals surface area contributed by atoms with Crippen molar-refractivity contribution < 1.29 is 14.3 Å². The number of ether oxygens (including phenoxy) is 1. The minimum absolute atomic E-state index is 0.0257. The third kappa shape index (κ3) is 5.74. The van der Waals surface area contributed by atoms with Gasteiger partial charge in [-0.1, -0.05) is 35.9 Å². The molecule has 1 fully saturated rings. The van der Waals surface area contributed by atoms with E-state index in [1.807, 2.05) is 53.4 Å². The average molecular weight is 463 g/mol. The minimum atomic E-state index is -0.126. The number of carbonyl (C=O) groups is 2. The van der Waals surface area contributed by atoms with Crippen molar-refractivity contribution in [3.63, 3.8) is 0 Å². The van der Waals surface area contributed by atoms with Crippen LogP contribution in [0.1, 0.15) is 50.6 Å². The Kier molecular flexibility index (Phi) is 7.30. The molecule has 3 aromatic rings. The normalized spacial score (nSPS) is 15.7. The quantitative estimate of drug-likeness (QED) is 0.541. The Morgan fingerprint density at radius 1 is 1.03 bits per heavy atom. The van der Waals surface area contributed by atoms with Crippen LogP contribution in [0.3, 0.4) is 0 Å². The van der Waals surface area contributed by atoms with Crippen LogP contribution in [-0.4, -0.2) is 36.9 Å². The van der Waals surface area contributed by atoms with Crippen molar-refractivity contribution in [3.8, 4) is 5.75 Å². The Morgan fingerprint density at radius 2 is 1.82 bits per heavy atom. The fourth-order valence-corrected chi connectivity index (χ4v) is 4.43. The number of nitrogens with one attached hydrogen (secondary N) is 1. The van der Waals surface area contributed by atoms with Crippen molar-refractivity contribution in [3.05, 3.63) is 100 Å². The Hall–Kier alpha value is -3.31. The first kappa shape index (κ1) is 22.9. The summed E-state index contributed by atoms with van der Waals surface area (Å²) in [6.07, 6.45) is 1.91. The second kappa shape index (κ2) is 10.5. The fourth-order valence-electron chi connectivity index (χ4n) is 4.22. The number of amides is 2. The predicted octanol–water partition coefficient (Wildman–Crippen LogP) is 5.30. The van der Waals surface area contributed by atoms with E-state index in [9.17, 15) is 9.59 Å². The molecule has 2 amide bonds. The molecular formula is C27H27ClN2O3. The van der Waals surface area contributed by atoms with Crippen LogP contribution in [0.15, 0.2) is 72.8 Å². The van der Waals surface area contributed by atoms with Gasteiger partial charge < -0.3 is 15.0 Å². The number of methoxy groups -OCH3 is 1. The summed E-state index contributed by atoms with van der Waals surface area (Å²) in [6.45, 7) is 1.79. The van der Waals surface area contributed by atoms with Gasteiger partial charge in [-0.05, 0) is 72.5 Å². The highest BCUT2D eigenvalue weighted by atomic mass is 35.5. The molecule has 5 nitrogen and oxygen atoms in total. The molecule has 0 aliphatic carbocycles. The summed E-state index contributed by atoms with van der Waals surface area (Å²) in [7, 11) is 1.61. The van der Waals surface area contributed by atoms with Gasteiger partial charge in [0, 0.05) is 41.7 Å². The van der Waals surface area contributed by atoms with Crippen molar-refractivity contribution in [2.75, 3.05) is 20.2 Å². The average Bonchev–Trinajstić information content (AvgIpc) is 2.87. The van der Waals surface area contributed by atoms with Crippen molar-refractivity contribution in [1.29, 1.82) is 0 Å². The van der Waals surface area contributed by atoms with Gasteiger partial charge >= 0.3 is 0 Å². The maximum atomic E-state index is 13.0.